The van der Waals surface area contributed by atoms with Gasteiger partial charge in [0.2, 0.25) is 0 Å². The molecule has 0 aliphatic carbocycles. The fourth-order valence-corrected chi connectivity index (χ4v) is 3.48. The number of aromatic nitrogens is 4. The Morgan fingerprint density at radius 2 is 1.91 bits per heavy atom. The zero-order valence-corrected chi connectivity index (χ0v) is 19.3. The summed E-state index contributed by atoms with van der Waals surface area (Å²) in [6, 6.07) is 11.6. The van der Waals surface area contributed by atoms with Crippen molar-refractivity contribution < 1.29 is 13.9 Å². The molecule has 4 aromatic rings. The van der Waals surface area contributed by atoms with Gasteiger partial charge in [-0.2, -0.15) is 0 Å². The van der Waals surface area contributed by atoms with Gasteiger partial charge >= 0.3 is 6.01 Å². The number of aryl methyl sites for hydroxylation is 2. The molecule has 35 heavy (non-hydrogen) atoms. The Balaban J connectivity index is 1.70. The Morgan fingerprint density at radius 1 is 1.09 bits per heavy atom. The number of carbonyl (C=O) groups excluding carboxylic acids is 1. The monoisotopic (exact) mass is 468 g/mol. The predicted octanol–water partition coefficient (Wildman–Crippen LogP) is 4.69. The van der Waals surface area contributed by atoms with Gasteiger partial charge in [0.25, 0.3) is 5.91 Å². The molecule has 2 heterocycles. The number of rotatable bonds is 5. The predicted molar refractivity (Wildman–Crippen MR) is 131 cm³/mol. The van der Waals surface area contributed by atoms with E-state index in [9.17, 15) is 9.18 Å². The molecule has 0 bridgehead atoms. The number of nitrogens with two attached hydrogens (primary N) is 1. The van der Waals surface area contributed by atoms with E-state index in [2.05, 4.69) is 37.1 Å². The molecule has 0 fully saturated rings. The van der Waals surface area contributed by atoms with Crippen LogP contribution >= 0.6 is 0 Å². The molecule has 0 unspecified atom stereocenters. The molecule has 0 atom stereocenters. The number of nitrogens with zero attached hydrogens (tertiary/aromatic N) is 4. The average Bonchev–Trinajstić information content (AvgIpc) is 2.81. The number of hydrogen-bond donors (Lipinski definition) is 2. The fraction of sp³-hybridized carbons (Fsp3) is 0.115. The number of carbonyl (C=O) groups is 1. The molecule has 0 aliphatic rings. The summed E-state index contributed by atoms with van der Waals surface area (Å²) in [7, 11) is 0. The highest BCUT2D eigenvalue weighted by molar-refractivity contribution is 6.04. The van der Waals surface area contributed by atoms with Crippen LogP contribution in [0.3, 0.4) is 0 Å². The van der Waals surface area contributed by atoms with Gasteiger partial charge in [0.1, 0.15) is 12.1 Å². The number of anilines is 2. The van der Waals surface area contributed by atoms with Crippen molar-refractivity contribution in [3.63, 3.8) is 0 Å². The standard InChI is InChI=1S/C26H21FN6O2/c1-4-5-22(34)33-18-7-8-19(15(2)12-18)24-23(25(28)31-14-30-24)17-6-9-21(20(27)13-17)35-26-29-11-10-16(3)32-26/h6-14H,1-3H3,(H,33,34)(H2,28,30,31). The van der Waals surface area contributed by atoms with Crippen molar-refractivity contribution in [1.82, 2.24) is 19.9 Å². The number of benzene rings is 2. The number of hydrogen-bond acceptors (Lipinski definition) is 7. The van der Waals surface area contributed by atoms with Crippen LogP contribution in [0.25, 0.3) is 22.4 Å². The second-order valence-electron chi connectivity index (χ2n) is 7.57. The first-order chi connectivity index (χ1) is 16.9. The van der Waals surface area contributed by atoms with Gasteiger partial charge in [0, 0.05) is 23.1 Å². The Hall–Kier alpha value is -4.84. The smallest absolute Gasteiger partial charge is 0.322 e. The highest BCUT2D eigenvalue weighted by Crippen LogP contribution is 2.37. The lowest BCUT2D eigenvalue weighted by Gasteiger charge is -2.15. The third-order valence-electron chi connectivity index (χ3n) is 5.05. The minimum absolute atomic E-state index is 0.0252. The van der Waals surface area contributed by atoms with Crippen LogP contribution in [0.4, 0.5) is 15.9 Å². The van der Waals surface area contributed by atoms with E-state index >= 15 is 0 Å². The number of ether oxygens (including phenoxy) is 1. The molecule has 3 N–H and O–H groups in total. The molecular formula is C26H21FN6O2. The largest absolute Gasteiger partial charge is 0.421 e. The van der Waals surface area contributed by atoms with Gasteiger partial charge in [-0.05, 0) is 68.2 Å². The maximum absolute atomic E-state index is 15.0. The van der Waals surface area contributed by atoms with Crippen LogP contribution in [0.5, 0.6) is 11.8 Å². The zero-order chi connectivity index (χ0) is 24.9. The van der Waals surface area contributed by atoms with Gasteiger partial charge in [0.15, 0.2) is 11.6 Å². The van der Waals surface area contributed by atoms with Crippen molar-refractivity contribution >= 4 is 17.4 Å². The van der Waals surface area contributed by atoms with E-state index in [4.69, 9.17) is 10.5 Å². The summed E-state index contributed by atoms with van der Waals surface area (Å²) in [5.41, 5.74) is 10.5. The van der Waals surface area contributed by atoms with Crippen molar-refractivity contribution in [2.75, 3.05) is 11.1 Å². The highest BCUT2D eigenvalue weighted by atomic mass is 19.1. The second-order valence-corrected chi connectivity index (χ2v) is 7.57. The minimum Gasteiger partial charge on any atom is -0.421 e. The maximum atomic E-state index is 15.0. The lowest BCUT2D eigenvalue weighted by Crippen LogP contribution is -2.08. The van der Waals surface area contributed by atoms with Gasteiger partial charge in [-0.25, -0.2) is 24.3 Å². The Bertz CT molecular complexity index is 1490. The number of amides is 1. The summed E-state index contributed by atoms with van der Waals surface area (Å²) in [4.78, 5) is 28.4. The first kappa shape index (κ1) is 23.3. The van der Waals surface area contributed by atoms with Gasteiger partial charge in [-0.1, -0.05) is 18.1 Å². The van der Waals surface area contributed by atoms with E-state index in [0.717, 1.165) is 11.1 Å². The van der Waals surface area contributed by atoms with Crippen molar-refractivity contribution in [3.8, 4) is 46.0 Å². The molecule has 0 saturated carbocycles. The van der Waals surface area contributed by atoms with Crippen molar-refractivity contribution in [1.29, 1.82) is 0 Å². The third kappa shape index (κ3) is 5.23. The number of nitrogen functional groups attached to an aromatic ring is 1. The van der Waals surface area contributed by atoms with E-state index in [1.165, 1.54) is 24.7 Å². The molecule has 0 aliphatic heterocycles. The van der Waals surface area contributed by atoms with Crippen LogP contribution < -0.4 is 15.8 Å². The third-order valence-corrected chi connectivity index (χ3v) is 5.05. The van der Waals surface area contributed by atoms with Gasteiger partial charge in [0.05, 0.1) is 11.3 Å². The summed E-state index contributed by atoms with van der Waals surface area (Å²) in [6.07, 6.45) is 2.89. The quantitative estimate of drug-likeness (QED) is 0.408. The molecule has 174 valence electrons. The molecule has 9 heteroatoms. The molecule has 0 spiro atoms. The van der Waals surface area contributed by atoms with E-state index < -0.39 is 11.7 Å². The number of nitrogens with one attached hydrogen (secondary N) is 1. The van der Waals surface area contributed by atoms with Crippen LogP contribution in [0.2, 0.25) is 0 Å². The van der Waals surface area contributed by atoms with Crippen molar-refractivity contribution in [2.45, 2.75) is 20.8 Å². The normalized spacial score (nSPS) is 10.3. The van der Waals surface area contributed by atoms with Gasteiger partial charge in [-0.15, -0.1) is 0 Å². The fourth-order valence-electron chi connectivity index (χ4n) is 3.48. The molecule has 4 rings (SSSR count). The van der Waals surface area contributed by atoms with Crippen LogP contribution in [0.15, 0.2) is 55.0 Å². The second kappa shape index (κ2) is 9.97. The Labute approximate surface area is 201 Å². The lowest BCUT2D eigenvalue weighted by molar-refractivity contribution is -0.111. The van der Waals surface area contributed by atoms with Gasteiger partial charge in [-0.3, -0.25) is 4.79 Å². The molecule has 0 radical (unpaired) electrons. The highest BCUT2D eigenvalue weighted by Gasteiger charge is 2.18. The van der Waals surface area contributed by atoms with Crippen LogP contribution in [0, 0.1) is 31.5 Å². The zero-order valence-electron chi connectivity index (χ0n) is 19.3. The lowest BCUT2D eigenvalue weighted by atomic mass is 9.96. The summed E-state index contributed by atoms with van der Waals surface area (Å²) >= 11 is 0. The van der Waals surface area contributed by atoms with E-state index in [0.29, 0.717) is 28.2 Å². The molecule has 2 aromatic carbocycles. The SMILES string of the molecule is CC#CC(=O)Nc1ccc(-c2ncnc(N)c2-c2ccc(Oc3nccc(C)n3)c(F)c2)c(C)c1. The molecule has 0 saturated heterocycles. The molecule has 1 amide bonds. The number of halogens is 1. The van der Waals surface area contributed by atoms with Crippen LogP contribution in [0.1, 0.15) is 18.2 Å². The summed E-state index contributed by atoms with van der Waals surface area (Å²) in [5, 5.41) is 2.71. The van der Waals surface area contributed by atoms with Crippen molar-refractivity contribution in [2.24, 2.45) is 0 Å². The van der Waals surface area contributed by atoms with Crippen molar-refractivity contribution in [3.05, 3.63) is 72.1 Å². The summed E-state index contributed by atoms with van der Waals surface area (Å²) in [5.74, 6) is 4.14. The first-order valence-electron chi connectivity index (χ1n) is 10.6. The topological polar surface area (TPSA) is 116 Å². The van der Waals surface area contributed by atoms with Crippen LogP contribution in [-0.4, -0.2) is 25.8 Å². The summed E-state index contributed by atoms with van der Waals surface area (Å²) in [6.45, 7) is 5.25. The van der Waals surface area contributed by atoms with E-state index in [1.54, 1.807) is 44.2 Å². The molecule has 8 nitrogen and oxygen atoms in total. The minimum atomic E-state index is -0.617. The van der Waals surface area contributed by atoms with E-state index in [-0.39, 0.29) is 17.6 Å². The maximum Gasteiger partial charge on any atom is 0.322 e. The summed E-state index contributed by atoms with van der Waals surface area (Å²) < 4.78 is 20.5. The van der Waals surface area contributed by atoms with Gasteiger partial charge < -0.3 is 15.8 Å². The Morgan fingerprint density at radius 3 is 2.63 bits per heavy atom. The van der Waals surface area contributed by atoms with Crippen LogP contribution in [-0.2, 0) is 4.79 Å². The van der Waals surface area contributed by atoms with E-state index in [1.807, 2.05) is 6.92 Å². The Kier molecular flexibility index (Phi) is 6.64. The average molecular weight is 468 g/mol. The first-order valence-corrected chi connectivity index (χ1v) is 10.6. The molecule has 2 aromatic heterocycles. The molecular weight excluding hydrogens is 447 g/mol.